The number of hydrogen-bond acceptors (Lipinski definition) is 4. The van der Waals surface area contributed by atoms with Crippen molar-refractivity contribution in [2.75, 3.05) is 6.61 Å². The maximum absolute atomic E-state index is 12.9. The van der Waals surface area contributed by atoms with E-state index in [0.29, 0.717) is 34.0 Å². The number of rotatable bonds is 5. The van der Waals surface area contributed by atoms with Crippen molar-refractivity contribution in [2.45, 2.75) is 39.2 Å². The average molecular weight is 417 g/mol. The number of carbonyl (C=O) groups excluding carboxylic acids is 2. The smallest absolute Gasteiger partial charge is 0.339 e. The van der Waals surface area contributed by atoms with Crippen molar-refractivity contribution >= 4 is 22.8 Å². The fourth-order valence-corrected chi connectivity index (χ4v) is 4.34. The third-order valence-electron chi connectivity index (χ3n) is 6.39. The fourth-order valence-electron chi connectivity index (χ4n) is 4.34. The Morgan fingerprint density at radius 2 is 1.77 bits per heavy atom. The lowest BCUT2D eigenvalue weighted by atomic mass is 9.78. The summed E-state index contributed by atoms with van der Waals surface area (Å²) >= 11 is 0. The second kappa shape index (κ2) is 9.29. The quantitative estimate of drug-likeness (QED) is 0.595. The zero-order valence-electron chi connectivity index (χ0n) is 18.0. The van der Waals surface area contributed by atoms with E-state index >= 15 is 0 Å². The van der Waals surface area contributed by atoms with Crippen LogP contribution in [0.4, 0.5) is 0 Å². The number of ether oxygens (including phenoxy) is 1. The number of esters is 1. The molecule has 3 atom stereocenters. The summed E-state index contributed by atoms with van der Waals surface area (Å²) < 4.78 is 5.41. The highest BCUT2D eigenvalue weighted by Gasteiger charge is 2.28. The number of para-hydroxylation sites is 1. The van der Waals surface area contributed by atoms with Gasteiger partial charge in [0.1, 0.15) is 0 Å². The summed E-state index contributed by atoms with van der Waals surface area (Å²) in [7, 11) is 0. The van der Waals surface area contributed by atoms with Gasteiger partial charge in [0.25, 0.3) is 5.91 Å². The van der Waals surface area contributed by atoms with Crippen LogP contribution in [0, 0.1) is 11.8 Å². The monoisotopic (exact) mass is 416 g/mol. The highest BCUT2D eigenvalue weighted by molar-refractivity contribution is 6.05. The minimum atomic E-state index is -0.518. The molecule has 1 aromatic heterocycles. The Hall–Kier alpha value is -3.21. The molecule has 1 heterocycles. The normalized spacial score (nSPS) is 20.9. The highest BCUT2D eigenvalue weighted by Crippen LogP contribution is 2.29. The van der Waals surface area contributed by atoms with Crippen LogP contribution in [0.2, 0.25) is 0 Å². The van der Waals surface area contributed by atoms with Crippen molar-refractivity contribution in [3.8, 4) is 11.3 Å². The Balaban J connectivity index is 1.50. The molecule has 3 aromatic rings. The van der Waals surface area contributed by atoms with Crippen molar-refractivity contribution in [3.63, 3.8) is 0 Å². The van der Waals surface area contributed by atoms with Crippen LogP contribution in [-0.4, -0.2) is 29.5 Å². The number of benzene rings is 2. The number of aromatic nitrogens is 1. The minimum Gasteiger partial charge on any atom is -0.452 e. The minimum absolute atomic E-state index is 0.140. The number of amides is 1. The Bertz CT molecular complexity index is 1080. The van der Waals surface area contributed by atoms with Crippen LogP contribution in [0.1, 0.15) is 43.5 Å². The van der Waals surface area contributed by atoms with Gasteiger partial charge in [0, 0.05) is 17.0 Å². The molecule has 0 saturated heterocycles. The van der Waals surface area contributed by atoms with E-state index < -0.39 is 5.97 Å². The van der Waals surface area contributed by atoms with Gasteiger partial charge in [-0.05, 0) is 30.4 Å². The van der Waals surface area contributed by atoms with Crippen molar-refractivity contribution < 1.29 is 14.3 Å². The molecule has 1 N–H and O–H groups in total. The topological polar surface area (TPSA) is 68.3 Å². The number of nitrogens with one attached hydrogen (secondary N) is 1. The standard InChI is InChI=1S/C26H28N2O3/c1-17-9-8-14-22(18(17)2)28-25(29)16-31-26(30)21-15-24(19-10-4-3-5-11-19)27-23-13-7-6-12-20(21)23/h3-7,10-13,15,17-18,22H,8-9,14,16H2,1-2H3,(H,28,29)/t17-,18+,22-/m0/s1. The average Bonchev–Trinajstić information content (AvgIpc) is 2.80. The highest BCUT2D eigenvalue weighted by atomic mass is 16.5. The number of nitrogens with zero attached hydrogens (tertiary/aromatic N) is 1. The lowest BCUT2D eigenvalue weighted by molar-refractivity contribution is -0.125. The SMILES string of the molecule is C[C@H]1[C@@H](NC(=O)COC(=O)c2cc(-c3ccccc3)nc3ccccc23)CCC[C@@H]1C. The number of carbonyl (C=O) groups is 2. The first-order valence-corrected chi connectivity index (χ1v) is 10.9. The van der Waals surface area contributed by atoms with Crippen LogP contribution in [0.5, 0.6) is 0 Å². The Labute approximate surface area is 182 Å². The lowest BCUT2D eigenvalue weighted by Crippen LogP contribution is -2.45. The molecule has 2 aromatic carbocycles. The van der Waals surface area contributed by atoms with Gasteiger partial charge >= 0.3 is 5.97 Å². The predicted octanol–water partition coefficient (Wildman–Crippen LogP) is 5.00. The molecule has 0 radical (unpaired) electrons. The molecule has 4 rings (SSSR count). The van der Waals surface area contributed by atoms with E-state index in [9.17, 15) is 9.59 Å². The predicted molar refractivity (Wildman–Crippen MR) is 122 cm³/mol. The molecule has 1 aliphatic rings. The van der Waals surface area contributed by atoms with Crippen molar-refractivity contribution in [1.29, 1.82) is 0 Å². The van der Waals surface area contributed by atoms with Gasteiger partial charge in [-0.1, -0.05) is 75.2 Å². The van der Waals surface area contributed by atoms with Gasteiger partial charge in [-0.2, -0.15) is 0 Å². The summed E-state index contributed by atoms with van der Waals surface area (Å²) in [6.07, 6.45) is 3.28. The first-order chi connectivity index (χ1) is 15.0. The zero-order chi connectivity index (χ0) is 21.8. The molecule has 1 amide bonds. The van der Waals surface area contributed by atoms with Gasteiger partial charge in [0.15, 0.2) is 6.61 Å². The zero-order valence-corrected chi connectivity index (χ0v) is 18.0. The Kier molecular flexibility index (Phi) is 6.31. The van der Waals surface area contributed by atoms with E-state index in [1.807, 2.05) is 54.6 Å². The number of hydrogen-bond donors (Lipinski definition) is 1. The maximum atomic E-state index is 12.9. The molecule has 0 aliphatic heterocycles. The summed E-state index contributed by atoms with van der Waals surface area (Å²) in [6.45, 7) is 4.12. The van der Waals surface area contributed by atoms with Crippen LogP contribution >= 0.6 is 0 Å². The van der Waals surface area contributed by atoms with Gasteiger partial charge in [-0.3, -0.25) is 4.79 Å². The first-order valence-electron chi connectivity index (χ1n) is 10.9. The molecule has 5 heteroatoms. The molecule has 1 saturated carbocycles. The van der Waals surface area contributed by atoms with Gasteiger partial charge < -0.3 is 10.1 Å². The summed E-state index contributed by atoms with van der Waals surface area (Å²) in [5.41, 5.74) is 2.74. The summed E-state index contributed by atoms with van der Waals surface area (Å²) in [6, 6.07) is 19.0. The summed E-state index contributed by atoms with van der Waals surface area (Å²) in [5.74, 6) is 0.240. The number of pyridine rings is 1. The van der Waals surface area contributed by atoms with Gasteiger partial charge in [-0.25, -0.2) is 9.78 Å². The van der Waals surface area contributed by atoms with Gasteiger partial charge in [-0.15, -0.1) is 0 Å². The van der Waals surface area contributed by atoms with Crippen LogP contribution < -0.4 is 5.32 Å². The summed E-state index contributed by atoms with van der Waals surface area (Å²) in [4.78, 5) is 30.1. The summed E-state index contributed by atoms with van der Waals surface area (Å²) in [5, 5.41) is 3.76. The van der Waals surface area contributed by atoms with Crippen LogP contribution in [0.25, 0.3) is 22.2 Å². The molecular weight excluding hydrogens is 388 g/mol. The van der Waals surface area contributed by atoms with Crippen molar-refractivity contribution in [1.82, 2.24) is 10.3 Å². The van der Waals surface area contributed by atoms with E-state index in [1.54, 1.807) is 6.07 Å². The first kappa shape index (κ1) is 21.0. The van der Waals surface area contributed by atoms with E-state index in [1.165, 1.54) is 6.42 Å². The molecule has 0 bridgehead atoms. The van der Waals surface area contributed by atoms with E-state index in [-0.39, 0.29) is 18.6 Å². The largest absolute Gasteiger partial charge is 0.452 e. The molecule has 1 fully saturated rings. The third-order valence-corrected chi connectivity index (χ3v) is 6.39. The second-order valence-corrected chi connectivity index (χ2v) is 8.46. The van der Waals surface area contributed by atoms with E-state index in [4.69, 9.17) is 4.74 Å². The molecule has 0 spiro atoms. The molecule has 1 aliphatic carbocycles. The lowest BCUT2D eigenvalue weighted by Gasteiger charge is -2.34. The van der Waals surface area contributed by atoms with E-state index in [0.717, 1.165) is 18.4 Å². The number of fused-ring (bicyclic) bond motifs is 1. The van der Waals surface area contributed by atoms with Crippen LogP contribution in [-0.2, 0) is 9.53 Å². The van der Waals surface area contributed by atoms with Crippen molar-refractivity contribution in [2.24, 2.45) is 11.8 Å². The molecule has 160 valence electrons. The van der Waals surface area contributed by atoms with Crippen LogP contribution in [0.15, 0.2) is 60.7 Å². The van der Waals surface area contributed by atoms with Gasteiger partial charge in [0.05, 0.1) is 16.8 Å². The third kappa shape index (κ3) is 4.76. The van der Waals surface area contributed by atoms with Crippen LogP contribution in [0.3, 0.4) is 0 Å². The van der Waals surface area contributed by atoms with Gasteiger partial charge in [0.2, 0.25) is 0 Å². The molecule has 0 unspecified atom stereocenters. The van der Waals surface area contributed by atoms with Crippen molar-refractivity contribution in [3.05, 3.63) is 66.2 Å². The second-order valence-electron chi connectivity index (χ2n) is 8.46. The molecule has 31 heavy (non-hydrogen) atoms. The molecular formula is C26H28N2O3. The molecule has 5 nitrogen and oxygen atoms in total. The Morgan fingerprint density at radius 1 is 1.03 bits per heavy atom. The Morgan fingerprint density at radius 3 is 2.58 bits per heavy atom. The maximum Gasteiger partial charge on any atom is 0.339 e. The van der Waals surface area contributed by atoms with E-state index in [2.05, 4.69) is 24.1 Å². The fraction of sp³-hybridized carbons (Fsp3) is 0.346.